The fourth-order valence-electron chi connectivity index (χ4n) is 1.46. The van der Waals surface area contributed by atoms with Crippen LogP contribution in [0, 0.1) is 10.1 Å². The van der Waals surface area contributed by atoms with Gasteiger partial charge in [-0.1, -0.05) is 41.9 Å². The fourth-order valence-corrected chi connectivity index (χ4v) is 1.71. The van der Waals surface area contributed by atoms with Gasteiger partial charge in [0.15, 0.2) is 0 Å². The van der Waals surface area contributed by atoms with Crippen LogP contribution in [-0.4, -0.2) is 9.91 Å². The van der Waals surface area contributed by atoms with Crippen LogP contribution in [0.25, 0.3) is 11.1 Å². The summed E-state index contributed by atoms with van der Waals surface area (Å²) in [4.78, 5) is 14.0. The molecule has 2 aromatic rings. The molecule has 0 saturated heterocycles. The first-order valence-corrected chi connectivity index (χ1v) is 5.13. The van der Waals surface area contributed by atoms with Crippen LogP contribution in [0.5, 0.6) is 0 Å². The lowest BCUT2D eigenvalue weighted by Crippen LogP contribution is -1.99. The van der Waals surface area contributed by atoms with Gasteiger partial charge in [0.1, 0.15) is 5.15 Å². The Labute approximate surface area is 102 Å². The van der Waals surface area contributed by atoms with E-state index in [9.17, 15) is 10.1 Å². The van der Waals surface area contributed by atoms with Crippen molar-refractivity contribution in [2.45, 2.75) is 0 Å². The first kappa shape index (κ1) is 11.3. The molecule has 2 rings (SSSR count). The lowest BCUT2D eigenvalue weighted by atomic mass is 10.1. The van der Waals surface area contributed by atoms with E-state index in [-0.39, 0.29) is 16.7 Å². The number of hydrogen-bond acceptors (Lipinski definition) is 4. The van der Waals surface area contributed by atoms with Crippen LogP contribution < -0.4 is 5.73 Å². The van der Waals surface area contributed by atoms with Crippen molar-refractivity contribution >= 4 is 23.1 Å². The molecule has 1 aromatic carbocycles. The zero-order chi connectivity index (χ0) is 12.4. The molecule has 6 heteroatoms. The molecule has 2 N–H and O–H groups in total. The van der Waals surface area contributed by atoms with Gasteiger partial charge in [-0.05, 0) is 5.56 Å². The molecule has 0 unspecified atom stereocenters. The number of benzene rings is 1. The third kappa shape index (κ3) is 2.19. The summed E-state index contributed by atoms with van der Waals surface area (Å²) in [5, 5.41) is 10.9. The van der Waals surface area contributed by atoms with E-state index >= 15 is 0 Å². The van der Waals surface area contributed by atoms with E-state index in [4.69, 9.17) is 17.3 Å². The highest BCUT2D eigenvalue weighted by Crippen LogP contribution is 2.32. The smallest absolute Gasteiger partial charge is 0.311 e. The topological polar surface area (TPSA) is 82.0 Å². The normalized spacial score (nSPS) is 10.2. The molecule has 0 fully saturated rings. The third-order valence-electron chi connectivity index (χ3n) is 2.27. The van der Waals surface area contributed by atoms with E-state index in [0.29, 0.717) is 5.56 Å². The summed E-state index contributed by atoms with van der Waals surface area (Å²) >= 11 is 5.93. The molecule has 0 spiro atoms. The van der Waals surface area contributed by atoms with Crippen LogP contribution in [-0.2, 0) is 0 Å². The van der Waals surface area contributed by atoms with Crippen molar-refractivity contribution in [3.8, 4) is 11.1 Å². The molecule has 1 aromatic heterocycles. The van der Waals surface area contributed by atoms with Crippen molar-refractivity contribution in [3.05, 3.63) is 51.7 Å². The number of nitrogens with zero attached hydrogens (tertiary/aromatic N) is 2. The third-order valence-corrected chi connectivity index (χ3v) is 2.55. The van der Waals surface area contributed by atoms with Gasteiger partial charge in [-0.25, -0.2) is 4.98 Å². The van der Waals surface area contributed by atoms with Gasteiger partial charge >= 0.3 is 5.69 Å². The molecular weight excluding hydrogens is 242 g/mol. The Kier molecular flexibility index (Phi) is 2.93. The number of anilines is 1. The molecule has 5 nitrogen and oxygen atoms in total. The summed E-state index contributed by atoms with van der Waals surface area (Å²) < 4.78 is 0. The Bertz CT molecular complexity index is 572. The highest BCUT2D eigenvalue weighted by atomic mass is 35.5. The Balaban J connectivity index is 2.63. The predicted molar refractivity (Wildman–Crippen MR) is 65.7 cm³/mol. The van der Waals surface area contributed by atoms with Crippen LogP contribution in [0.2, 0.25) is 5.15 Å². The Hall–Kier alpha value is -2.14. The number of hydrogen-bond donors (Lipinski definition) is 1. The summed E-state index contributed by atoms with van der Waals surface area (Å²) in [5.74, 6) is -0.181. The Morgan fingerprint density at radius 2 is 1.94 bits per heavy atom. The van der Waals surface area contributed by atoms with Crippen molar-refractivity contribution in [2.24, 2.45) is 0 Å². The summed E-state index contributed by atoms with van der Waals surface area (Å²) in [6.45, 7) is 0. The molecule has 0 aliphatic carbocycles. The number of nitrogens with two attached hydrogens (primary N) is 1. The summed E-state index contributed by atoms with van der Waals surface area (Å²) in [6, 6.07) is 10.4. The van der Waals surface area contributed by atoms with Crippen molar-refractivity contribution in [3.63, 3.8) is 0 Å². The minimum atomic E-state index is -0.578. The van der Waals surface area contributed by atoms with Crippen LogP contribution >= 0.6 is 11.6 Å². The van der Waals surface area contributed by atoms with Gasteiger partial charge < -0.3 is 5.73 Å². The second kappa shape index (κ2) is 4.39. The van der Waals surface area contributed by atoms with Gasteiger partial charge in [0.2, 0.25) is 5.82 Å². The van der Waals surface area contributed by atoms with Gasteiger partial charge in [0.25, 0.3) is 0 Å². The minimum Gasteiger partial charge on any atom is -0.378 e. The number of aromatic nitrogens is 1. The Morgan fingerprint density at radius 3 is 2.53 bits per heavy atom. The van der Waals surface area contributed by atoms with E-state index in [0.717, 1.165) is 5.56 Å². The molecule has 17 heavy (non-hydrogen) atoms. The summed E-state index contributed by atoms with van der Waals surface area (Å²) in [7, 11) is 0. The lowest BCUT2D eigenvalue weighted by molar-refractivity contribution is -0.384. The number of pyridine rings is 1. The standard InChI is InChI=1S/C11H8ClN3O2/c12-10-8(7-4-2-1-3-5-7)6-9(15(16)17)11(13)14-10/h1-6H,(H2,13,14). The highest BCUT2D eigenvalue weighted by molar-refractivity contribution is 6.32. The van der Waals surface area contributed by atoms with Gasteiger partial charge in [0, 0.05) is 11.6 Å². The number of nitro groups is 1. The van der Waals surface area contributed by atoms with Gasteiger partial charge in [-0.15, -0.1) is 0 Å². The monoisotopic (exact) mass is 249 g/mol. The zero-order valence-electron chi connectivity index (χ0n) is 8.63. The number of rotatable bonds is 2. The summed E-state index contributed by atoms with van der Waals surface area (Å²) in [6.07, 6.45) is 0. The lowest BCUT2D eigenvalue weighted by Gasteiger charge is -2.05. The van der Waals surface area contributed by atoms with Crippen LogP contribution in [0.1, 0.15) is 0 Å². The molecule has 0 aliphatic heterocycles. The van der Waals surface area contributed by atoms with Crippen LogP contribution in [0.4, 0.5) is 11.5 Å². The van der Waals surface area contributed by atoms with Gasteiger partial charge in [-0.3, -0.25) is 10.1 Å². The number of nitrogen functional groups attached to an aromatic ring is 1. The molecule has 0 atom stereocenters. The first-order valence-electron chi connectivity index (χ1n) is 4.75. The van der Waals surface area contributed by atoms with E-state index in [1.54, 1.807) is 12.1 Å². The van der Waals surface area contributed by atoms with Gasteiger partial charge in [0.05, 0.1) is 4.92 Å². The van der Waals surface area contributed by atoms with Gasteiger partial charge in [-0.2, -0.15) is 0 Å². The van der Waals surface area contributed by atoms with Crippen molar-refractivity contribution in [1.82, 2.24) is 4.98 Å². The molecule has 86 valence electrons. The molecule has 0 amide bonds. The summed E-state index contributed by atoms with van der Waals surface area (Å²) in [5.41, 5.74) is 6.44. The van der Waals surface area contributed by atoms with Crippen LogP contribution in [0.3, 0.4) is 0 Å². The zero-order valence-corrected chi connectivity index (χ0v) is 9.39. The molecular formula is C11H8ClN3O2. The minimum absolute atomic E-state index is 0.152. The second-order valence-electron chi connectivity index (χ2n) is 3.35. The van der Waals surface area contributed by atoms with E-state index in [1.807, 2.05) is 18.2 Å². The Morgan fingerprint density at radius 1 is 1.29 bits per heavy atom. The molecule has 1 heterocycles. The van der Waals surface area contributed by atoms with Crippen LogP contribution in [0.15, 0.2) is 36.4 Å². The molecule has 0 aliphatic rings. The number of halogens is 1. The van der Waals surface area contributed by atoms with Crippen molar-refractivity contribution in [1.29, 1.82) is 0 Å². The van der Waals surface area contributed by atoms with Crippen molar-refractivity contribution < 1.29 is 4.92 Å². The largest absolute Gasteiger partial charge is 0.378 e. The average Bonchev–Trinajstić information content (AvgIpc) is 2.29. The molecule has 0 bridgehead atoms. The van der Waals surface area contributed by atoms with E-state index in [2.05, 4.69) is 4.98 Å². The van der Waals surface area contributed by atoms with Crippen molar-refractivity contribution in [2.75, 3.05) is 5.73 Å². The average molecular weight is 250 g/mol. The SMILES string of the molecule is Nc1nc(Cl)c(-c2ccccc2)cc1[N+](=O)[O-]. The highest BCUT2D eigenvalue weighted by Gasteiger charge is 2.17. The predicted octanol–water partition coefficient (Wildman–Crippen LogP) is 2.89. The quantitative estimate of drug-likeness (QED) is 0.504. The maximum atomic E-state index is 10.8. The second-order valence-corrected chi connectivity index (χ2v) is 3.71. The first-order chi connectivity index (χ1) is 8.09. The maximum absolute atomic E-state index is 10.8. The fraction of sp³-hybridized carbons (Fsp3) is 0. The molecule has 0 saturated carbocycles. The molecule has 0 radical (unpaired) electrons. The van der Waals surface area contributed by atoms with E-state index in [1.165, 1.54) is 6.07 Å². The maximum Gasteiger partial charge on any atom is 0.311 e. The van der Waals surface area contributed by atoms with E-state index < -0.39 is 4.92 Å².